The van der Waals surface area contributed by atoms with E-state index in [2.05, 4.69) is 15.9 Å². The van der Waals surface area contributed by atoms with E-state index in [0.717, 1.165) is 4.47 Å². The standard InChI is InChI=1S/C10H9BrO2/c1-7(12)6-10(13)8-2-4-9(11)5-3-8/h2-6,13H,1H3/b10-6-. The van der Waals surface area contributed by atoms with Crippen molar-refractivity contribution in [2.75, 3.05) is 0 Å². The first-order valence-electron chi connectivity index (χ1n) is 3.77. The number of aliphatic hydroxyl groups is 1. The molecule has 1 aromatic rings. The summed E-state index contributed by atoms with van der Waals surface area (Å²) in [5.41, 5.74) is 0.637. The van der Waals surface area contributed by atoms with Gasteiger partial charge in [0.05, 0.1) is 0 Å². The molecule has 0 unspecified atom stereocenters. The Bertz CT molecular complexity index is 338. The summed E-state index contributed by atoms with van der Waals surface area (Å²) >= 11 is 3.28. The molecule has 0 spiro atoms. The highest BCUT2D eigenvalue weighted by Crippen LogP contribution is 2.15. The number of carbonyl (C=O) groups is 1. The third-order valence-electron chi connectivity index (χ3n) is 1.48. The molecule has 0 amide bonds. The quantitative estimate of drug-likeness (QED) is 0.638. The van der Waals surface area contributed by atoms with E-state index in [9.17, 15) is 9.90 Å². The second kappa shape index (κ2) is 4.23. The van der Waals surface area contributed by atoms with Crippen LogP contribution in [0.3, 0.4) is 0 Å². The summed E-state index contributed by atoms with van der Waals surface area (Å²) in [5, 5.41) is 9.41. The molecule has 0 aliphatic carbocycles. The summed E-state index contributed by atoms with van der Waals surface area (Å²) in [6.45, 7) is 1.40. The van der Waals surface area contributed by atoms with Gasteiger partial charge >= 0.3 is 0 Å². The predicted molar refractivity (Wildman–Crippen MR) is 55.4 cm³/mol. The van der Waals surface area contributed by atoms with E-state index in [1.165, 1.54) is 13.0 Å². The van der Waals surface area contributed by atoms with E-state index < -0.39 is 0 Å². The lowest BCUT2D eigenvalue weighted by Gasteiger charge is -1.98. The van der Waals surface area contributed by atoms with Crippen molar-refractivity contribution in [3.05, 3.63) is 40.4 Å². The molecule has 0 bridgehead atoms. The molecule has 0 atom stereocenters. The van der Waals surface area contributed by atoms with Gasteiger partial charge in [-0.1, -0.05) is 28.1 Å². The highest BCUT2D eigenvalue weighted by atomic mass is 79.9. The van der Waals surface area contributed by atoms with Gasteiger partial charge in [-0.25, -0.2) is 0 Å². The van der Waals surface area contributed by atoms with Gasteiger partial charge in [-0.15, -0.1) is 0 Å². The van der Waals surface area contributed by atoms with Gasteiger partial charge in [-0.05, 0) is 19.1 Å². The van der Waals surface area contributed by atoms with Crippen LogP contribution >= 0.6 is 15.9 Å². The Kier molecular flexibility index (Phi) is 3.25. The van der Waals surface area contributed by atoms with Crippen molar-refractivity contribution in [3.63, 3.8) is 0 Å². The molecular weight excluding hydrogens is 232 g/mol. The number of rotatable bonds is 2. The minimum absolute atomic E-state index is 0.000000000000000444. The van der Waals surface area contributed by atoms with Crippen LogP contribution in [0.4, 0.5) is 0 Å². The van der Waals surface area contributed by atoms with E-state index in [-0.39, 0.29) is 11.5 Å². The minimum Gasteiger partial charge on any atom is -0.507 e. The number of carbonyl (C=O) groups excluding carboxylic acids is 1. The minimum atomic E-state index is -0.166. The molecule has 13 heavy (non-hydrogen) atoms. The van der Waals surface area contributed by atoms with Crippen molar-refractivity contribution < 1.29 is 9.90 Å². The van der Waals surface area contributed by atoms with Crippen molar-refractivity contribution in [1.29, 1.82) is 0 Å². The number of aliphatic hydroxyl groups excluding tert-OH is 1. The largest absolute Gasteiger partial charge is 0.507 e. The second-order valence-electron chi connectivity index (χ2n) is 2.65. The summed E-state index contributed by atoms with van der Waals surface area (Å²) in [4.78, 5) is 10.6. The zero-order valence-electron chi connectivity index (χ0n) is 7.12. The lowest BCUT2D eigenvalue weighted by atomic mass is 10.1. The average molecular weight is 241 g/mol. The Morgan fingerprint density at radius 3 is 2.38 bits per heavy atom. The monoisotopic (exact) mass is 240 g/mol. The number of benzene rings is 1. The summed E-state index contributed by atoms with van der Waals surface area (Å²) < 4.78 is 0.937. The molecule has 0 saturated carbocycles. The number of halogens is 1. The Hall–Kier alpha value is -1.09. The number of hydrogen-bond donors (Lipinski definition) is 1. The second-order valence-corrected chi connectivity index (χ2v) is 3.56. The molecule has 3 heteroatoms. The lowest BCUT2D eigenvalue weighted by Crippen LogP contribution is -1.88. The van der Waals surface area contributed by atoms with E-state index in [0.29, 0.717) is 5.56 Å². The van der Waals surface area contributed by atoms with Crippen molar-refractivity contribution in [2.24, 2.45) is 0 Å². The summed E-state index contributed by atoms with van der Waals surface area (Å²) in [7, 11) is 0. The fourth-order valence-electron chi connectivity index (χ4n) is 0.897. The van der Waals surface area contributed by atoms with Crippen molar-refractivity contribution in [1.82, 2.24) is 0 Å². The first-order chi connectivity index (χ1) is 6.09. The molecule has 0 saturated heterocycles. The molecule has 0 fully saturated rings. The normalized spacial score (nSPS) is 11.4. The SMILES string of the molecule is CC(=O)/C=C(\O)c1ccc(Br)cc1. The Morgan fingerprint density at radius 2 is 1.92 bits per heavy atom. The van der Waals surface area contributed by atoms with Crippen molar-refractivity contribution >= 4 is 27.5 Å². The lowest BCUT2D eigenvalue weighted by molar-refractivity contribution is -0.112. The van der Waals surface area contributed by atoms with Gasteiger partial charge in [0, 0.05) is 16.1 Å². The molecule has 0 heterocycles. The van der Waals surface area contributed by atoms with Gasteiger partial charge in [0.2, 0.25) is 0 Å². The van der Waals surface area contributed by atoms with Gasteiger partial charge in [0.15, 0.2) is 5.78 Å². The first kappa shape index (κ1) is 9.99. The van der Waals surface area contributed by atoms with E-state index in [1.54, 1.807) is 24.3 Å². The van der Waals surface area contributed by atoms with Crippen LogP contribution < -0.4 is 0 Å². The smallest absolute Gasteiger partial charge is 0.156 e. The molecule has 2 nitrogen and oxygen atoms in total. The highest BCUT2D eigenvalue weighted by Gasteiger charge is 1.99. The van der Waals surface area contributed by atoms with Gasteiger partial charge < -0.3 is 5.11 Å². The first-order valence-corrected chi connectivity index (χ1v) is 4.56. The van der Waals surface area contributed by atoms with Gasteiger partial charge in [0.1, 0.15) is 5.76 Å². The molecule has 0 radical (unpaired) electrons. The highest BCUT2D eigenvalue weighted by molar-refractivity contribution is 9.10. The summed E-state index contributed by atoms with van der Waals surface area (Å²) in [6, 6.07) is 7.08. The van der Waals surface area contributed by atoms with Crippen LogP contribution in [0, 0.1) is 0 Å². The number of allylic oxidation sites excluding steroid dienone is 1. The summed E-state index contributed by atoms with van der Waals surface area (Å²) in [5.74, 6) is -0.166. The van der Waals surface area contributed by atoms with Gasteiger partial charge in [-0.3, -0.25) is 4.79 Å². The Morgan fingerprint density at radius 1 is 1.38 bits per heavy atom. The van der Waals surface area contributed by atoms with Gasteiger partial charge in [0.25, 0.3) is 0 Å². The molecular formula is C10H9BrO2. The van der Waals surface area contributed by atoms with Crippen LogP contribution in [0.1, 0.15) is 12.5 Å². The third-order valence-corrected chi connectivity index (χ3v) is 2.01. The topological polar surface area (TPSA) is 37.3 Å². The van der Waals surface area contributed by atoms with E-state index >= 15 is 0 Å². The van der Waals surface area contributed by atoms with Crippen LogP contribution in [0.5, 0.6) is 0 Å². The molecule has 68 valence electrons. The molecule has 1 rings (SSSR count). The molecule has 0 aromatic heterocycles. The van der Waals surface area contributed by atoms with Crippen LogP contribution in [0.2, 0.25) is 0 Å². The summed E-state index contributed by atoms with van der Waals surface area (Å²) in [6.07, 6.45) is 1.20. The fraction of sp³-hybridized carbons (Fsp3) is 0.100. The van der Waals surface area contributed by atoms with Crippen LogP contribution in [0.15, 0.2) is 34.8 Å². The average Bonchev–Trinajstić information content (AvgIpc) is 2.04. The number of ketones is 1. The maximum atomic E-state index is 10.6. The van der Waals surface area contributed by atoms with E-state index in [1.807, 2.05) is 0 Å². The maximum absolute atomic E-state index is 10.6. The molecule has 0 aliphatic heterocycles. The Balaban J connectivity index is 2.96. The predicted octanol–water partition coefficient (Wildman–Crippen LogP) is 2.94. The van der Waals surface area contributed by atoms with E-state index in [4.69, 9.17) is 0 Å². The van der Waals surface area contributed by atoms with Gasteiger partial charge in [-0.2, -0.15) is 0 Å². The van der Waals surface area contributed by atoms with Crippen LogP contribution in [-0.2, 0) is 4.79 Å². The Labute approximate surface area is 85.0 Å². The molecule has 1 N–H and O–H groups in total. The molecule has 1 aromatic carbocycles. The van der Waals surface area contributed by atoms with Crippen molar-refractivity contribution in [3.8, 4) is 0 Å². The van der Waals surface area contributed by atoms with Crippen LogP contribution in [-0.4, -0.2) is 10.9 Å². The molecule has 0 aliphatic rings. The van der Waals surface area contributed by atoms with Crippen molar-refractivity contribution in [2.45, 2.75) is 6.92 Å². The zero-order chi connectivity index (χ0) is 9.84. The zero-order valence-corrected chi connectivity index (χ0v) is 8.71. The fourth-order valence-corrected chi connectivity index (χ4v) is 1.16. The maximum Gasteiger partial charge on any atom is 0.156 e. The number of hydrogen-bond acceptors (Lipinski definition) is 2. The third kappa shape index (κ3) is 3.03. The van der Waals surface area contributed by atoms with Crippen LogP contribution in [0.25, 0.3) is 5.76 Å².